The van der Waals surface area contributed by atoms with E-state index in [0.717, 1.165) is 4.90 Å². The summed E-state index contributed by atoms with van der Waals surface area (Å²) in [7, 11) is 1.58. The fraction of sp³-hybridized carbons (Fsp3) is 0.467. The van der Waals surface area contributed by atoms with Crippen molar-refractivity contribution in [3.63, 3.8) is 0 Å². The smallest absolute Gasteiger partial charge is 0.324 e. The zero-order chi connectivity index (χ0) is 16.1. The van der Waals surface area contributed by atoms with Crippen LogP contribution < -0.4 is 10.5 Å². The van der Waals surface area contributed by atoms with Crippen molar-refractivity contribution in [2.24, 2.45) is 23.5 Å². The molecule has 0 spiro atoms. The molecule has 7 heteroatoms. The zero-order valence-electron chi connectivity index (χ0n) is 11.9. The summed E-state index contributed by atoms with van der Waals surface area (Å²) < 4.78 is 5.17. The van der Waals surface area contributed by atoms with Crippen molar-refractivity contribution in [2.45, 2.75) is 22.1 Å². The number of hydrogen-bond acceptors (Lipinski definition) is 5. The number of carbonyl (C=O) groups is 2. The highest BCUT2D eigenvalue weighted by molar-refractivity contribution is 8.00. The van der Waals surface area contributed by atoms with E-state index >= 15 is 0 Å². The molecule has 0 heterocycles. The van der Waals surface area contributed by atoms with Crippen LogP contribution in [0.5, 0.6) is 5.75 Å². The van der Waals surface area contributed by atoms with Crippen molar-refractivity contribution in [3.8, 4) is 5.75 Å². The Bertz CT molecular complexity index is 636. The minimum absolute atomic E-state index is 0.112. The Labute approximate surface area is 131 Å². The SMILES string of the molecule is COc1cccc(SC2CC(N)(C(=O)O)C3C(C(=O)O)C23)c1. The summed E-state index contributed by atoms with van der Waals surface area (Å²) in [4.78, 5) is 23.7. The number of carboxylic acids is 2. The molecule has 2 fully saturated rings. The standard InChI is InChI=1S/C15H17NO5S/c1-21-7-3-2-4-8(5-7)22-9-6-15(16,14(19)20)12-10(9)11(12)13(17)18/h2-5,9-12H,6,16H2,1H3,(H,17,18)(H,19,20). The van der Waals surface area contributed by atoms with E-state index in [-0.39, 0.29) is 17.6 Å². The van der Waals surface area contributed by atoms with E-state index in [1.807, 2.05) is 24.3 Å². The molecule has 2 aliphatic carbocycles. The molecular formula is C15H17NO5S. The van der Waals surface area contributed by atoms with Gasteiger partial charge in [-0.15, -0.1) is 11.8 Å². The third-order valence-electron chi connectivity index (χ3n) is 4.65. The molecule has 4 N–H and O–H groups in total. The summed E-state index contributed by atoms with van der Waals surface area (Å²) in [6, 6.07) is 7.43. The number of ether oxygens (including phenoxy) is 1. The molecule has 0 bridgehead atoms. The van der Waals surface area contributed by atoms with Crippen molar-refractivity contribution in [1.82, 2.24) is 0 Å². The third-order valence-corrected chi connectivity index (χ3v) is 5.96. The van der Waals surface area contributed by atoms with E-state index in [1.54, 1.807) is 7.11 Å². The van der Waals surface area contributed by atoms with E-state index < -0.39 is 29.3 Å². The number of hydrogen-bond donors (Lipinski definition) is 3. The Kier molecular flexibility index (Phi) is 3.57. The van der Waals surface area contributed by atoms with Gasteiger partial charge in [-0.05, 0) is 30.5 Å². The van der Waals surface area contributed by atoms with Crippen LogP contribution in [0.4, 0.5) is 0 Å². The molecule has 118 valence electrons. The van der Waals surface area contributed by atoms with E-state index in [0.29, 0.717) is 5.75 Å². The summed E-state index contributed by atoms with van der Waals surface area (Å²) in [5, 5.41) is 18.5. The fourth-order valence-electron chi connectivity index (χ4n) is 3.58. The van der Waals surface area contributed by atoms with E-state index in [9.17, 15) is 19.8 Å². The summed E-state index contributed by atoms with van der Waals surface area (Å²) >= 11 is 1.48. The largest absolute Gasteiger partial charge is 0.497 e. The molecule has 3 rings (SSSR count). The molecule has 6 nitrogen and oxygen atoms in total. The Morgan fingerprint density at radius 3 is 2.73 bits per heavy atom. The van der Waals surface area contributed by atoms with Gasteiger partial charge in [0.2, 0.25) is 0 Å². The molecule has 5 unspecified atom stereocenters. The molecule has 0 amide bonds. The highest BCUT2D eigenvalue weighted by Gasteiger charge is 2.73. The average molecular weight is 323 g/mol. The second-order valence-electron chi connectivity index (χ2n) is 5.85. The lowest BCUT2D eigenvalue weighted by molar-refractivity contribution is -0.145. The number of fused-ring (bicyclic) bond motifs is 1. The van der Waals surface area contributed by atoms with Crippen LogP contribution in [0.2, 0.25) is 0 Å². The van der Waals surface area contributed by atoms with Crippen LogP contribution >= 0.6 is 11.8 Å². The van der Waals surface area contributed by atoms with Gasteiger partial charge in [-0.25, -0.2) is 0 Å². The summed E-state index contributed by atoms with van der Waals surface area (Å²) in [5.41, 5.74) is 4.57. The van der Waals surface area contributed by atoms with Gasteiger partial charge >= 0.3 is 11.9 Å². The van der Waals surface area contributed by atoms with E-state index in [4.69, 9.17) is 10.5 Å². The summed E-state index contributed by atoms with van der Waals surface area (Å²) in [6.45, 7) is 0. The molecule has 0 saturated heterocycles. The van der Waals surface area contributed by atoms with Crippen LogP contribution in [0.15, 0.2) is 29.2 Å². The van der Waals surface area contributed by atoms with Gasteiger partial charge in [0.15, 0.2) is 0 Å². The molecule has 2 saturated carbocycles. The Balaban J connectivity index is 1.83. The van der Waals surface area contributed by atoms with Gasteiger partial charge in [0, 0.05) is 16.1 Å². The second-order valence-corrected chi connectivity index (χ2v) is 7.16. The Morgan fingerprint density at radius 2 is 2.14 bits per heavy atom. The minimum atomic E-state index is -1.44. The average Bonchev–Trinajstić information content (AvgIpc) is 3.16. The van der Waals surface area contributed by atoms with Crippen LogP contribution in [-0.4, -0.2) is 40.1 Å². The van der Waals surface area contributed by atoms with Gasteiger partial charge in [-0.2, -0.15) is 0 Å². The molecule has 0 aromatic heterocycles. The number of nitrogens with two attached hydrogens (primary N) is 1. The number of thioether (sulfide) groups is 1. The first-order chi connectivity index (χ1) is 10.4. The summed E-state index contributed by atoms with van der Waals surface area (Å²) in [5.74, 6) is -2.68. The number of methoxy groups -OCH3 is 1. The molecule has 0 radical (unpaired) electrons. The molecule has 0 aliphatic heterocycles. The van der Waals surface area contributed by atoms with Gasteiger partial charge in [0.25, 0.3) is 0 Å². The first-order valence-electron chi connectivity index (χ1n) is 6.94. The highest BCUT2D eigenvalue weighted by Crippen LogP contribution is 2.65. The predicted octanol–water partition coefficient (Wildman–Crippen LogP) is 1.29. The van der Waals surface area contributed by atoms with Gasteiger partial charge in [-0.1, -0.05) is 6.07 Å². The van der Waals surface area contributed by atoms with Crippen molar-refractivity contribution >= 4 is 23.7 Å². The van der Waals surface area contributed by atoms with Crippen molar-refractivity contribution in [2.75, 3.05) is 7.11 Å². The lowest BCUT2D eigenvalue weighted by Gasteiger charge is -2.24. The normalized spacial score (nSPS) is 35.7. The lowest BCUT2D eigenvalue weighted by Crippen LogP contribution is -2.50. The Hall–Kier alpha value is -1.73. The maximum absolute atomic E-state index is 11.5. The third kappa shape index (κ3) is 2.24. The number of rotatable bonds is 5. The number of carboxylic acid groups (broad SMARTS) is 2. The van der Waals surface area contributed by atoms with Gasteiger partial charge in [-0.3, -0.25) is 9.59 Å². The second kappa shape index (κ2) is 5.17. The number of aliphatic carboxylic acids is 2. The predicted molar refractivity (Wildman–Crippen MR) is 79.9 cm³/mol. The van der Waals surface area contributed by atoms with Gasteiger partial charge in [0.1, 0.15) is 11.3 Å². The first-order valence-corrected chi connectivity index (χ1v) is 7.82. The van der Waals surface area contributed by atoms with Crippen LogP contribution in [-0.2, 0) is 9.59 Å². The van der Waals surface area contributed by atoms with Crippen molar-refractivity contribution in [3.05, 3.63) is 24.3 Å². The molecule has 5 atom stereocenters. The fourth-order valence-corrected chi connectivity index (χ4v) is 5.13. The quantitative estimate of drug-likeness (QED) is 0.749. The number of benzene rings is 1. The minimum Gasteiger partial charge on any atom is -0.497 e. The molecular weight excluding hydrogens is 306 g/mol. The summed E-state index contributed by atoms with van der Waals surface area (Å²) in [6.07, 6.45) is 0.281. The molecule has 2 aliphatic rings. The van der Waals surface area contributed by atoms with Crippen LogP contribution in [0.3, 0.4) is 0 Å². The molecule has 1 aromatic rings. The first kappa shape index (κ1) is 15.2. The van der Waals surface area contributed by atoms with Crippen LogP contribution in [0, 0.1) is 17.8 Å². The lowest BCUT2D eigenvalue weighted by atomic mass is 9.91. The monoisotopic (exact) mass is 323 g/mol. The zero-order valence-corrected chi connectivity index (χ0v) is 12.7. The maximum Gasteiger partial charge on any atom is 0.324 e. The van der Waals surface area contributed by atoms with E-state index in [2.05, 4.69) is 0 Å². The molecule has 1 aromatic carbocycles. The van der Waals surface area contributed by atoms with Gasteiger partial charge < -0.3 is 20.7 Å². The van der Waals surface area contributed by atoms with Crippen LogP contribution in [0.25, 0.3) is 0 Å². The topological polar surface area (TPSA) is 110 Å². The van der Waals surface area contributed by atoms with Crippen molar-refractivity contribution < 1.29 is 24.5 Å². The Morgan fingerprint density at radius 1 is 1.41 bits per heavy atom. The van der Waals surface area contributed by atoms with Crippen molar-refractivity contribution in [1.29, 1.82) is 0 Å². The maximum atomic E-state index is 11.5. The highest BCUT2D eigenvalue weighted by atomic mass is 32.2. The molecule has 22 heavy (non-hydrogen) atoms. The van der Waals surface area contributed by atoms with E-state index in [1.165, 1.54) is 11.8 Å². The van der Waals surface area contributed by atoms with Crippen LogP contribution in [0.1, 0.15) is 6.42 Å². The van der Waals surface area contributed by atoms with Gasteiger partial charge in [0.05, 0.1) is 13.0 Å².